The SMILES string of the molecule is Cc1cc(Cl)c(N)c(C=O)c1. The van der Waals surface area contributed by atoms with Crippen molar-refractivity contribution < 1.29 is 4.79 Å². The highest BCUT2D eigenvalue weighted by atomic mass is 35.5. The minimum absolute atomic E-state index is 0.354. The quantitative estimate of drug-likeness (QED) is 0.517. The third-order valence-electron chi connectivity index (χ3n) is 1.43. The van der Waals surface area contributed by atoms with Crippen molar-refractivity contribution in [2.24, 2.45) is 0 Å². The van der Waals surface area contributed by atoms with Crippen LogP contribution in [0.5, 0.6) is 0 Å². The monoisotopic (exact) mass is 169 g/mol. The number of anilines is 1. The summed E-state index contributed by atoms with van der Waals surface area (Å²) in [5, 5.41) is 0.437. The Kier molecular flexibility index (Phi) is 2.15. The van der Waals surface area contributed by atoms with Crippen LogP contribution in [0.25, 0.3) is 0 Å². The minimum atomic E-state index is 0.354. The third kappa shape index (κ3) is 1.52. The molecule has 2 N–H and O–H groups in total. The van der Waals surface area contributed by atoms with E-state index in [0.29, 0.717) is 22.6 Å². The average molecular weight is 170 g/mol. The summed E-state index contributed by atoms with van der Waals surface area (Å²) in [7, 11) is 0. The van der Waals surface area contributed by atoms with Gasteiger partial charge in [0, 0.05) is 5.56 Å². The van der Waals surface area contributed by atoms with Crippen molar-refractivity contribution in [2.45, 2.75) is 6.92 Å². The summed E-state index contributed by atoms with van der Waals surface area (Å²) in [5.74, 6) is 0. The molecular weight excluding hydrogens is 162 g/mol. The van der Waals surface area contributed by atoms with Crippen LogP contribution in [0.2, 0.25) is 5.02 Å². The van der Waals surface area contributed by atoms with Crippen LogP contribution in [-0.4, -0.2) is 6.29 Å². The first kappa shape index (κ1) is 8.08. The summed E-state index contributed by atoms with van der Waals surface area (Å²) < 4.78 is 0. The Hall–Kier alpha value is -1.02. The molecule has 2 nitrogen and oxygen atoms in total. The van der Waals surface area contributed by atoms with Crippen molar-refractivity contribution in [3.05, 3.63) is 28.3 Å². The van der Waals surface area contributed by atoms with Crippen molar-refractivity contribution in [1.82, 2.24) is 0 Å². The Balaban J connectivity index is 3.35. The molecule has 1 rings (SSSR count). The highest BCUT2D eigenvalue weighted by Crippen LogP contribution is 2.23. The van der Waals surface area contributed by atoms with E-state index in [2.05, 4.69) is 0 Å². The lowest BCUT2D eigenvalue weighted by atomic mass is 10.1. The molecule has 0 aliphatic rings. The van der Waals surface area contributed by atoms with Crippen molar-refractivity contribution in [3.63, 3.8) is 0 Å². The molecule has 0 atom stereocenters. The maximum atomic E-state index is 10.4. The number of carbonyl (C=O) groups is 1. The summed E-state index contributed by atoms with van der Waals surface area (Å²) in [4.78, 5) is 10.4. The Morgan fingerprint density at radius 3 is 2.73 bits per heavy atom. The summed E-state index contributed by atoms with van der Waals surface area (Å²) in [6.07, 6.45) is 0.703. The molecule has 1 aromatic rings. The number of rotatable bonds is 1. The first-order valence-corrected chi connectivity index (χ1v) is 3.53. The van der Waals surface area contributed by atoms with Crippen LogP contribution in [0.1, 0.15) is 15.9 Å². The van der Waals surface area contributed by atoms with Gasteiger partial charge in [-0.25, -0.2) is 0 Å². The van der Waals surface area contributed by atoms with Crippen molar-refractivity contribution >= 4 is 23.6 Å². The number of benzene rings is 1. The molecule has 0 saturated carbocycles. The highest BCUT2D eigenvalue weighted by molar-refractivity contribution is 6.33. The van der Waals surface area contributed by atoms with Gasteiger partial charge >= 0.3 is 0 Å². The lowest BCUT2D eigenvalue weighted by Crippen LogP contribution is -1.94. The smallest absolute Gasteiger partial charge is 0.152 e. The van der Waals surface area contributed by atoms with E-state index < -0.39 is 0 Å². The second-order valence-corrected chi connectivity index (χ2v) is 2.77. The molecular formula is C8H8ClNO. The number of hydrogen-bond acceptors (Lipinski definition) is 2. The van der Waals surface area contributed by atoms with Gasteiger partial charge < -0.3 is 5.73 Å². The summed E-state index contributed by atoms with van der Waals surface area (Å²) in [6, 6.07) is 3.43. The van der Waals surface area contributed by atoms with Gasteiger partial charge in [-0.15, -0.1) is 0 Å². The zero-order valence-corrected chi connectivity index (χ0v) is 6.85. The van der Waals surface area contributed by atoms with Crippen LogP contribution in [-0.2, 0) is 0 Å². The number of nitrogen functional groups attached to an aromatic ring is 1. The van der Waals surface area contributed by atoms with Crippen molar-refractivity contribution in [3.8, 4) is 0 Å². The summed E-state index contributed by atoms with van der Waals surface area (Å²) in [5.41, 5.74) is 7.24. The van der Waals surface area contributed by atoms with E-state index in [-0.39, 0.29) is 0 Å². The van der Waals surface area contributed by atoms with Crippen LogP contribution >= 0.6 is 11.6 Å². The molecule has 0 saturated heterocycles. The maximum absolute atomic E-state index is 10.4. The lowest BCUT2D eigenvalue weighted by Gasteiger charge is -2.01. The fraction of sp³-hybridized carbons (Fsp3) is 0.125. The second-order valence-electron chi connectivity index (χ2n) is 2.37. The van der Waals surface area contributed by atoms with Gasteiger partial charge in [0.1, 0.15) is 0 Å². The number of hydrogen-bond donors (Lipinski definition) is 1. The van der Waals surface area contributed by atoms with E-state index in [4.69, 9.17) is 17.3 Å². The maximum Gasteiger partial charge on any atom is 0.152 e. The van der Waals surface area contributed by atoms with E-state index >= 15 is 0 Å². The molecule has 0 heterocycles. The standard InChI is InChI=1S/C8H8ClNO/c1-5-2-6(4-11)8(10)7(9)3-5/h2-4H,10H2,1H3. The molecule has 3 heteroatoms. The Morgan fingerprint density at radius 2 is 2.18 bits per heavy atom. The largest absolute Gasteiger partial charge is 0.397 e. The molecule has 0 amide bonds. The molecule has 0 bridgehead atoms. The summed E-state index contributed by atoms with van der Waals surface area (Å²) in [6.45, 7) is 1.86. The number of aldehydes is 1. The van der Waals surface area contributed by atoms with Gasteiger partial charge in [0.15, 0.2) is 6.29 Å². The van der Waals surface area contributed by atoms with E-state index in [9.17, 15) is 4.79 Å². The molecule has 0 fully saturated rings. The van der Waals surface area contributed by atoms with Gasteiger partial charge in [0.25, 0.3) is 0 Å². The van der Waals surface area contributed by atoms with Crippen LogP contribution < -0.4 is 5.73 Å². The number of carbonyl (C=O) groups excluding carboxylic acids is 1. The fourth-order valence-electron chi connectivity index (χ4n) is 0.878. The Bertz CT molecular complexity index is 296. The fourth-order valence-corrected chi connectivity index (χ4v) is 1.16. The Morgan fingerprint density at radius 1 is 1.55 bits per heavy atom. The van der Waals surface area contributed by atoms with Crippen molar-refractivity contribution in [2.75, 3.05) is 5.73 Å². The number of aryl methyl sites for hydroxylation is 1. The van der Waals surface area contributed by atoms with E-state index in [1.807, 2.05) is 6.92 Å². The third-order valence-corrected chi connectivity index (χ3v) is 1.75. The van der Waals surface area contributed by atoms with E-state index in [1.165, 1.54) is 0 Å². The van der Waals surface area contributed by atoms with Crippen LogP contribution in [0.4, 0.5) is 5.69 Å². The first-order chi connectivity index (χ1) is 5.15. The number of halogens is 1. The van der Waals surface area contributed by atoms with Gasteiger partial charge in [-0.1, -0.05) is 11.6 Å². The first-order valence-electron chi connectivity index (χ1n) is 3.16. The van der Waals surface area contributed by atoms with Gasteiger partial charge in [-0.3, -0.25) is 4.79 Å². The van der Waals surface area contributed by atoms with Crippen LogP contribution in [0, 0.1) is 6.92 Å². The van der Waals surface area contributed by atoms with Crippen LogP contribution in [0.15, 0.2) is 12.1 Å². The topological polar surface area (TPSA) is 43.1 Å². The normalized spacial score (nSPS) is 9.64. The predicted octanol–water partition coefficient (Wildman–Crippen LogP) is 2.04. The second kappa shape index (κ2) is 2.93. The predicted molar refractivity (Wildman–Crippen MR) is 46.0 cm³/mol. The molecule has 11 heavy (non-hydrogen) atoms. The molecule has 1 aromatic carbocycles. The zero-order chi connectivity index (χ0) is 8.43. The number of nitrogens with two attached hydrogens (primary N) is 1. The van der Waals surface area contributed by atoms with Gasteiger partial charge in [-0.2, -0.15) is 0 Å². The lowest BCUT2D eigenvalue weighted by molar-refractivity contribution is 0.112. The molecule has 0 aromatic heterocycles. The van der Waals surface area contributed by atoms with E-state index in [0.717, 1.165) is 5.56 Å². The average Bonchev–Trinajstić information content (AvgIpc) is 1.96. The van der Waals surface area contributed by atoms with Gasteiger partial charge in [0.2, 0.25) is 0 Å². The summed E-state index contributed by atoms with van der Waals surface area (Å²) >= 11 is 5.71. The molecule has 0 aliphatic carbocycles. The molecule has 0 spiro atoms. The molecule has 0 unspecified atom stereocenters. The molecule has 0 radical (unpaired) electrons. The zero-order valence-electron chi connectivity index (χ0n) is 6.10. The highest BCUT2D eigenvalue weighted by Gasteiger charge is 2.02. The molecule has 58 valence electrons. The van der Waals surface area contributed by atoms with Crippen molar-refractivity contribution in [1.29, 1.82) is 0 Å². The minimum Gasteiger partial charge on any atom is -0.397 e. The van der Waals surface area contributed by atoms with E-state index in [1.54, 1.807) is 12.1 Å². The van der Waals surface area contributed by atoms with Gasteiger partial charge in [0.05, 0.1) is 10.7 Å². The van der Waals surface area contributed by atoms with Gasteiger partial charge in [-0.05, 0) is 24.6 Å². The Labute approximate surface area is 70.0 Å². The van der Waals surface area contributed by atoms with Crippen LogP contribution in [0.3, 0.4) is 0 Å². The molecule has 0 aliphatic heterocycles.